The summed E-state index contributed by atoms with van der Waals surface area (Å²) in [6.07, 6.45) is 13.6. The Morgan fingerprint density at radius 3 is 2.58 bits per heavy atom. The molecule has 2 unspecified atom stereocenters. The third kappa shape index (κ3) is 13.1. The lowest BCUT2D eigenvalue weighted by Crippen LogP contribution is -2.28. The Labute approximate surface area is 274 Å². The van der Waals surface area contributed by atoms with E-state index >= 15 is 0 Å². The van der Waals surface area contributed by atoms with E-state index in [2.05, 4.69) is 43.3 Å². The van der Waals surface area contributed by atoms with Gasteiger partial charge in [0.05, 0.1) is 19.3 Å². The number of hydrogen-bond acceptors (Lipinski definition) is 9. The van der Waals surface area contributed by atoms with Crippen LogP contribution in [0.25, 0.3) is 0 Å². The topological polar surface area (TPSA) is 89.5 Å². The smallest absolute Gasteiger partial charge is 0.305 e. The number of carbonyl (C=O) groups is 2. The predicted molar refractivity (Wildman–Crippen MR) is 176 cm³/mol. The van der Waals surface area contributed by atoms with Crippen molar-refractivity contribution in [1.29, 1.82) is 0 Å². The number of methoxy groups -OCH3 is 1. The van der Waals surface area contributed by atoms with Crippen LogP contribution in [-0.4, -0.2) is 75.5 Å². The molecule has 0 bridgehead atoms. The van der Waals surface area contributed by atoms with Gasteiger partial charge in [0.2, 0.25) is 0 Å². The van der Waals surface area contributed by atoms with Crippen LogP contribution >= 0.6 is 11.8 Å². The number of ketones is 1. The molecule has 0 N–H and O–H groups in total. The van der Waals surface area contributed by atoms with Crippen molar-refractivity contribution in [1.82, 2.24) is 0 Å². The SMILES string of the molecule is COCc1cccc(C[C@@H](/C=C/[C@H]2[C@H](C)CC(=O)[C@@H]2CCSCCCC(=O)OCCOC2CCCCO2)OC2CCCCO2)c1. The first-order valence-electron chi connectivity index (χ1n) is 17.0. The van der Waals surface area contributed by atoms with Gasteiger partial charge in [-0.3, -0.25) is 9.59 Å². The van der Waals surface area contributed by atoms with Crippen LogP contribution in [0, 0.1) is 17.8 Å². The van der Waals surface area contributed by atoms with Crippen molar-refractivity contribution in [3.63, 3.8) is 0 Å². The number of benzene rings is 1. The van der Waals surface area contributed by atoms with Crippen molar-refractivity contribution in [2.75, 3.05) is 45.0 Å². The quantitative estimate of drug-likeness (QED) is 0.0928. The maximum Gasteiger partial charge on any atom is 0.305 e. The Hall–Kier alpha value is -1.75. The molecule has 1 aromatic carbocycles. The standard InChI is InChI=1S/C36H54O8S/c1-27-23-33(37)32(16-22-45-21-8-11-34(38)40-19-20-43-35-12-3-5-17-41-35)31(27)15-14-30(44-36-13-4-6-18-42-36)25-28-9-7-10-29(24-28)26-39-2/h7,9-10,14-15,24,27,30-32,35-36H,3-6,8,11-13,16-23,25-26H2,1-2H3/b15-14+/t27-,30-,31+,32-,35?,36?/m1/s1. The van der Waals surface area contributed by atoms with Crippen LogP contribution in [0.1, 0.15) is 82.3 Å². The maximum atomic E-state index is 13.0. The summed E-state index contributed by atoms with van der Waals surface area (Å²) in [7, 11) is 1.71. The average Bonchev–Trinajstić information content (AvgIpc) is 3.32. The number of thioether (sulfide) groups is 1. The zero-order chi connectivity index (χ0) is 31.7. The van der Waals surface area contributed by atoms with E-state index in [1.165, 1.54) is 5.56 Å². The van der Waals surface area contributed by atoms with E-state index in [0.717, 1.165) is 88.1 Å². The van der Waals surface area contributed by atoms with Crippen molar-refractivity contribution >= 4 is 23.5 Å². The Balaban J connectivity index is 1.20. The van der Waals surface area contributed by atoms with Crippen LogP contribution in [0.4, 0.5) is 0 Å². The minimum absolute atomic E-state index is 0.0264. The number of Topliss-reactive ketones (excluding diaryl/α,β-unsaturated/α-hetero) is 1. The third-order valence-electron chi connectivity index (χ3n) is 8.84. The van der Waals surface area contributed by atoms with Gasteiger partial charge >= 0.3 is 5.97 Å². The van der Waals surface area contributed by atoms with E-state index in [1.807, 2.05) is 11.8 Å². The van der Waals surface area contributed by atoms with E-state index in [4.69, 9.17) is 28.4 Å². The van der Waals surface area contributed by atoms with Gasteiger partial charge in [0.15, 0.2) is 12.6 Å². The maximum absolute atomic E-state index is 13.0. The molecule has 4 rings (SSSR count). The van der Waals surface area contributed by atoms with Gasteiger partial charge in [-0.05, 0) is 85.8 Å². The zero-order valence-electron chi connectivity index (χ0n) is 27.3. The lowest BCUT2D eigenvalue weighted by molar-refractivity contribution is -0.178. The normalized spacial score (nSPS) is 26.4. The highest BCUT2D eigenvalue weighted by Gasteiger charge is 2.38. The van der Waals surface area contributed by atoms with Crippen LogP contribution in [0.2, 0.25) is 0 Å². The van der Waals surface area contributed by atoms with E-state index in [9.17, 15) is 9.59 Å². The Kier molecular flexibility index (Phi) is 16.4. The van der Waals surface area contributed by atoms with E-state index in [1.54, 1.807) is 7.11 Å². The van der Waals surface area contributed by atoms with Gasteiger partial charge in [-0.15, -0.1) is 0 Å². The molecule has 1 aromatic rings. The summed E-state index contributed by atoms with van der Waals surface area (Å²) in [6, 6.07) is 8.46. The second-order valence-corrected chi connectivity index (χ2v) is 13.8. The fourth-order valence-corrected chi connectivity index (χ4v) is 7.42. The van der Waals surface area contributed by atoms with E-state index in [-0.39, 0.29) is 43.1 Å². The van der Waals surface area contributed by atoms with Crippen LogP contribution in [0.3, 0.4) is 0 Å². The third-order valence-corrected chi connectivity index (χ3v) is 9.94. The lowest BCUT2D eigenvalue weighted by atomic mass is 9.87. The van der Waals surface area contributed by atoms with Gasteiger partial charge in [0.25, 0.3) is 0 Å². The minimum Gasteiger partial charge on any atom is -0.463 e. The molecule has 3 fully saturated rings. The molecular formula is C36H54O8S. The van der Waals surface area contributed by atoms with Crippen molar-refractivity contribution < 1.29 is 38.0 Å². The van der Waals surface area contributed by atoms with Crippen LogP contribution in [0.5, 0.6) is 0 Å². The summed E-state index contributed by atoms with van der Waals surface area (Å²) in [4.78, 5) is 25.1. The largest absolute Gasteiger partial charge is 0.463 e. The molecule has 0 radical (unpaired) electrons. The fourth-order valence-electron chi connectivity index (χ4n) is 6.45. The van der Waals surface area contributed by atoms with Gasteiger partial charge in [-0.25, -0.2) is 0 Å². The van der Waals surface area contributed by atoms with Gasteiger partial charge in [-0.2, -0.15) is 11.8 Å². The number of esters is 1. The highest BCUT2D eigenvalue weighted by molar-refractivity contribution is 7.99. The number of allylic oxidation sites excluding steroid dienone is 1. The molecule has 3 aliphatic rings. The highest BCUT2D eigenvalue weighted by Crippen LogP contribution is 2.38. The Bertz CT molecular complexity index is 1040. The second kappa shape index (κ2) is 20.5. The van der Waals surface area contributed by atoms with Gasteiger partial charge in [0, 0.05) is 45.5 Å². The molecular weight excluding hydrogens is 592 g/mol. The van der Waals surface area contributed by atoms with E-state index < -0.39 is 0 Å². The molecule has 2 aliphatic heterocycles. The van der Waals surface area contributed by atoms with Crippen molar-refractivity contribution in [2.24, 2.45) is 17.8 Å². The summed E-state index contributed by atoms with van der Waals surface area (Å²) in [5.41, 5.74) is 2.34. The molecule has 1 aliphatic carbocycles. The summed E-state index contributed by atoms with van der Waals surface area (Å²) in [5, 5.41) is 0. The first kappa shape index (κ1) is 36.1. The average molecular weight is 647 g/mol. The first-order valence-corrected chi connectivity index (χ1v) is 18.2. The molecule has 2 saturated heterocycles. The molecule has 9 heteroatoms. The first-order chi connectivity index (χ1) is 22.0. The van der Waals surface area contributed by atoms with Crippen molar-refractivity contribution in [2.45, 2.75) is 103 Å². The monoisotopic (exact) mass is 646 g/mol. The predicted octanol–water partition coefficient (Wildman–Crippen LogP) is 6.67. The number of ether oxygens (including phenoxy) is 6. The Morgan fingerprint density at radius 1 is 1.04 bits per heavy atom. The van der Waals surface area contributed by atoms with E-state index in [0.29, 0.717) is 37.8 Å². The number of hydrogen-bond donors (Lipinski definition) is 0. The molecule has 2 heterocycles. The Morgan fingerprint density at radius 2 is 1.82 bits per heavy atom. The van der Waals surface area contributed by atoms with Gasteiger partial charge in [-0.1, -0.05) is 43.3 Å². The zero-order valence-corrected chi connectivity index (χ0v) is 28.1. The summed E-state index contributed by atoms with van der Waals surface area (Å²) in [6.45, 7) is 4.89. The number of rotatable bonds is 19. The fraction of sp³-hybridized carbons (Fsp3) is 0.722. The molecule has 0 aromatic heterocycles. The second-order valence-electron chi connectivity index (χ2n) is 12.5. The molecule has 252 valence electrons. The van der Waals surface area contributed by atoms with Crippen LogP contribution < -0.4 is 0 Å². The molecule has 0 spiro atoms. The van der Waals surface area contributed by atoms with Crippen LogP contribution in [-0.2, 0) is 51.0 Å². The van der Waals surface area contributed by atoms with Gasteiger partial charge < -0.3 is 28.4 Å². The highest BCUT2D eigenvalue weighted by atomic mass is 32.2. The summed E-state index contributed by atoms with van der Waals surface area (Å²) in [5.74, 6) is 2.49. The molecule has 1 saturated carbocycles. The van der Waals surface area contributed by atoms with Crippen LogP contribution in [0.15, 0.2) is 36.4 Å². The number of carbonyl (C=O) groups excluding carboxylic acids is 2. The molecule has 8 nitrogen and oxygen atoms in total. The molecule has 0 amide bonds. The van der Waals surface area contributed by atoms with Crippen molar-refractivity contribution in [3.05, 3.63) is 47.5 Å². The molecule has 6 atom stereocenters. The lowest BCUT2D eigenvalue weighted by Gasteiger charge is -2.27. The molecule has 45 heavy (non-hydrogen) atoms. The van der Waals surface area contributed by atoms with Crippen molar-refractivity contribution in [3.8, 4) is 0 Å². The van der Waals surface area contributed by atoms with Gasteiger partial charge in [0.1, 0.15) is 12.4 Å². The minimum atomic E-state index is -0.188. The summed E-state index contributed by atoms with van der Waals surface area (Å²) >= 11 is 1.81. The summed E-state index contributed by atoms with van der Waals surface area (Å²) < 4.78 is 34.2.